The maximum atomic E-state index is 13.6. The van der Waals surface area contributed by atoms with Gasteiger partial charge in [0.1, 0.15) is 5.75 Å². The van der Waals surface area contributed by atoms with Crippen molar-refractivity contribution < 1.29 is 14.3 Å². The van der Waals surface area contributed by atoms with Gasteiger partial charge in [0.05, 0.1) is 25.4 Å². The Hall–Kier alpha value is -2.31. The van der Waals surface area contributed by atoms with Gasteiger partial charge in [-0.05, 0) is 74.1 Å². The number of carbonyl (C=O) groups is 1. The summed E-state index contributed by atoms with van der Waals surface area (Å²) < 4.78 is 14.3. The summed E-state index contributed by atoms with van der Waals surface area (Å²) in [5.74, 6) is 1.85. The van der Waals surface area contributed by atoms with Crippen LogP contribution in [0.1, 0.15) is 99.3 Å². The summed E-state index contributed by atoms with van der Waals surface area (Å²) in [4.78, 5) is 15.9. The second-order valence-corrected chi connectivity index (χ2v) is 13.9. The van der Waals surface area contributed by atoms with Gasteiger partial charge >= 0.3 is 0 Å². The molecule has 40 heavy (non-hydrogen) atoms. The molecule has 0 unspecified atom stereocenters. The number of benzene rings is 1. The molecule has 0 bridgehead atoms. The Bertz CT molecular complexity index is 1210. The Morgan fingerprint density at radius 2 is 1.77 bits per heavy atom. The van der Waals surface area contributed by atoms with Crippen molar-refractivity contribution in [2.45, 2.75) is 96.4 Å². The van der Waals surface area contributed by atoms with E-state index in [0.717, 1.165) is 69.4 Å². The zero-order valence-corrected chi connectivity index (χ0v) is 25.2. The molecule has 218 valence electrons. The van der Waals surface area contributed by atoms with Gasteiger partial charge in [0.15, 0.2) is 0 Å². The average Bonchev–Trinajstić information content (AvgIpc) is 3.65. The minimum Gasteiger partial charge on any atom is -0.493 e. The fraction of sp³-hybridized carbons (Fsp3) is 0.676. The molecule has 6 nitrogen and oxygen atoms in total. The van der Waals surface area contributed by atoms with Crippen LogP contribution in [0.25, 0.3) is 11.3 Å². The molecule has 2 saturated carbocycles. The molecule has 3 fully saturated rings. The van der Waals surface area contributed by atoms with Crippen molar-refractivity contribution in [1.82, 2.24) is 14.8 Å². The standard InChI is InChI=1S/C34H49N3O3/c1-24-27(32(38)35-13-14-36-15-18-39-19-16-36)22-30(37(24)23-25-8-6-5-7-9-25)26-20-28(33(2,3)4)31-29(21-26)34(10-11-34)12-17-40-31/h20-22,25H,5-19,23H2,1-4H3,(H,35,38). The number of nitrogens with zero attached hydrogens (tertiary/aromatic N) is 2. The first-order valence-corrected chi connectivity index (χ1v) is 15.9. The van der Waals surface area contributed by atoms with Crippen LogP contribution >= 0.6 is 0 Å². The summed E-state index contributed by atoms with van der Waals surface area (Å²) in [5, 5.41) is 3.24. The predicted molar refractivity (Wildman–Crippen MR) is 160 cm³/mol. The largest absolute Gasteiger partial charge is 0.493 e. The highest BCUT2D eigenvalue weighted by molar-refractivity contribution is 5.97. The summed E-state index contributed by atoms with van der Waals surface area (Å²) in [6.45, 7) is 15.8. The lowest BCUT2D eigenvalue weighted by Gasteiger charge is -2.33. The van der Waals surface area contributed by atoms with Crippen LogP contribution in [0.15, 0.2) is 18.2 Å². The number of hydrogen-bond donors (Lipinski definition) is 1. The fourth-order valence-corrected chi connectivity index (χ4v) is 7.26. The summed E-state index contributed by atoms with van der Waals surface area (Å²) in [7, 11) is 0. The molecule has 1 amide bonds. The molecule has 1 aromatic carbocycles. The first kappa shape index (κ1) is 27.8. The molecule has 2 aromatic rings. The van der Waals surface area contributed by atoms with Crippen molar-refractivity contribution in [3.63, 3.8) is 0 Å². The second-order valence-electron chi connectivity index (χ2n) is 13.9. The Balaban J connectivity index is 1.35. The van der Waals surface area contributed by atoms with Crippen molar-refractivity contribution in [3.05, 3.63) is 40.6 Å². The Labute approximate surface area is 240 Å². The van der Waals surface area contributed by atoms with Gasteiger partial charge < -0.3 is 19.4 Å². The van der Waals surface area contributed by atoms with Crippen LogP contribution < -0.4 is 10.1 Å². The van der Waals surface area contributed by atoms with Crippen LogP contribution in [0.5, 0.6) is 5.75 Å². The molecule has 2 aliphatic heterocycles. The fourth-order valence-electron chi connectivity index (χ4n) is 7.26. The number of ether oxygens (including phenoxy) is 2. The number of carbonyl (C=O) groups excluding carboxylic acids is 1. The Morgan fingerprint density at radius 3 is 2.48 bits per heavy atom. The van der Waals surface area contributed by atoms with Crippen LogP contribution in [0, 0.1) is 12.8 Å². The highest BCUT2D eigenvalue weighted by Gasteiger charge is 2.49. The number of rotatable bonds is 7. The van der Waals surface area contributed by atoms with E-state index in [1.54, 1.807) is 0 Å². The van der Waals surface area contributed by atoms with E-state index < -0.39 is 0 Å². The van der Waals surface area contributed by atoms with Crippen LogP contribution in [0.3, 0.4) is 0 Å². The topological polar surface area (TPSA) is 55.7 Å². The summed E-state index contributed by atoms with van der Waals surface area (Å²) >= 11 is 0. The maximum absolute atomic E-state index is 13.6. The first-order chi connectivity index (χ1) is 19.2. The summed E-state index contributed by atoms with van der Waals surface area (Å²) in [5.41, 5.74) is 7.31. The van der Waals surface area contributed by atoms with Crippen molar-refractivity contribution >= 4 is 5.91 Å². The molecular weight excluding hydrogens is 498 g/mol. The summed E-state index contributed by atoms with van der Waals surface area (Å²) in [6.07, 6.45) is 10.2. The van der Waals surface area contributed by atoms with E-state index in [0.29, 0.717) is 17.9 Å². The predicted octanol–water partition coefficient (Wildman–Crippen LogP) is 6.22. The Morgan fingerprint density at radius 1 is 1.02 bits per heavy atom. The molecule has 6 rings (SSSR count). The van der Waals surface area contributed by atoms with Gasteiger partial charge in [-0.25, -0.2) is 0 Å². The van der Waals surface area contributed by atoms with E-state index in [4.69, 9.17) is 9.47 Å². The first-order valence-electron chi connectivity index (χ1n) is 15.9. The molecule has 2 aliphatic carbocycles. The van der Waals surface area contributed by atoms with Crippen LogP contribution in [0.4, 0.5) is 0 Å². The van der Waals surface area contributed by atoms with E-state index >= 15 is 0 Å². The molecule has 1 saturated heterocycles. The van der Waals surface area contributed by atoms with Gasteiger partial charge in [-0.3, -0.25) is 9.69 Å². The minimum atomic E-state index is -0.0248. The quantitative estimate of drug-likeness (QED) is 0.447. The van der Waals surface area contributed by atoms with Gasteiger partial charge in [0.25, 0.3) is 5.91 Å². The van der Waals surface area contributed by atoms with Gasteiger partial charge in [-0.15, -0.1) is 0 Å². The molecule has 0 radical (unpaired) electrons. The lowest BCUT2D eigenvalue weighted by atomic mass is 9.79. The number of nitrogens with one attached hydrogen (secondary N) is 1. The van der Waals surface area contributed by atoms with Crippen LogP contribution in [-0.2, 0) is 22.1 Å². The van der Waals surface area contributed by atoms with E-state index in [1.165, 1.54) is 67.3 Å². The number of hydrogen-bond acceptors (Lipinski definition) is 4. The lowest BCUT2D eigenvalue weighted by Crippen LogP contribution is -2.41. The SMILES string of the molecule is Cc1c(C(=O)NCCN2CCOCC2)cc(-c2cc(C(C)(C)C)c3c(c2)C2(CCO3)CC2)n1CC1CCCCC1. The average molecular weight is 548 g/mol. The van der Waals surface area contributed by atoms with Crippen LogP contribution in [-0.4, -0.2) is 61.4 Å². The van der Waals surface area contributed by atoms with Crippen molar-refractivity contribution in [1.29, 1.82) is 0 Å². The third-order valence-electron chi connectivity index (χ3n) is 10.0. The lowest BCUT2D eigenvalue weighted by molar-refractivity contribution is 0.0383. The van der Waals surface area contributed by atoms with Crippen molar-refractivity contribution in [2.24, 2.45) is 5.92 Å². The molecule has 4 aliphatic rings. The number of amides is 1. The molecule has 1 N–H and O–H groups in total. The number of fused-ring (bicyclic) bond motifs is 2. The monoisotopic (exact) mass is 547 g/mol. The van der Waals surface area contributed by atoms with Crippen molar-refractivity contribution in [3.8, 4) is 17.0 Å². The zero-order chi connectivity index (χ0) is 27.9. The van der Waals surface area contributed by atoms with E-state index in [2.05, 4.69) is 60.7 Å². The smallest absolute Gasteiger partial charge is 0.253 e. The van der Waals surface area contributed by atoms with E-state index in [1.807, 2.05) is 0 Å². The molecule has 6 heteroatoms. The van der Waals surface area contributed by atoms with Gasteiger partial charge in [0.2, 0.25) is 0 Å². The number of morpholine rings is 1. The minimum absolute atomic E-state index is 0.0248. The van der Waals surface area contributed by atoms with Crippen molar-refractivity contribution in [2.75, 3.05) is 46.0 Å². The third kappa shape index (κ3) is 5.59. The Kier molecular flexibility index (Phi) is 7.77. The molecule has 1 spiro atoms. The van der Waals surface area contributed by atoms with Gasteiger partial charge in [-0.1, -0.05) is 40.0 Å². The highest BCUT2D eigenvalue weighted by atomic mass is 16.5. The normalized spacial score (nSPS) is 21.2. The maximum Gasteiger partial charge on any atom is 0.253 e. The molecule has 0 atom stereocenters. The number of aromatic nitrogens is 1. The molecule has 3 heterocycles. The van der Waals surface area contributed by atoms with Gasteiger partial charge in [0, 0.05) is 60.7 Å². The van der Waals surface area contributed by atoms with E-state index in [-0.39, 0.29) is 11.3 Å². The van der Waals surface area contributed by atoms with Crippen LogP contribution in [0.2, 0.25) is 0 Å². The van der Waals surface area contributed by atoms with E-state index in [9.17, 15) is 4.79 Å². The summed E-state index contributed by atoms with van der Waals surface area (Å²) in [6, 6.07) is 6.97. The zero-order valence-electron chi connectivity index (χ0n) is 25.2. The molecule has 1 aromatic heterocycles. The second kappa shape index (κ2) is 11.2. The third-order valence-corrected chi connectivity index (χ3v) is 10.0. The highest BCUT2D eigenvalue weighted by Crippen LogP contribution is 2.58. The van der Waals surface area contributed by atoms with Gasteiger partial charge in [-0.2, -0.15) is 0 Å². The molecular formula is C34H49N3O3.